The SMILES string of the molecule is CC1C[C@H](OC(=O)C2(c3cccc(F)c3)CCCCCC2)C1CCNCC(=O)Nc1cnccn1. The minimum atomic E-state index is -0.765. The highest BCUT2D eigenvalue weighted by Crippen LogP contribution is 2.44. The van der Waals surface area contributed by atoms with E-state index in [2.05, 4.69) is 27.5 Å². The van der Waals surface area contributed by atoms with Crippen LogP contribution in [0.15, 0.2) is 42.9 Å². The minimum absolute atomic E-state index is 0.138. The zero-order valence-electron chi connectivity index (χ0n) is 20.3. The number of amides is 1. The number of carbonyl (C=O) groups excluding carboxylic acids is 2. The van der Waals surface area contributed by atoms with Gasteiger partial charge in [-0.25, -0.2) is 9.37 Å². The summed E-state index contributed by atoms with van der Waals surface area (Å²) >= 11 is 0. The number of rotatable bonds is 9. The zero-order chi connectivity index (χ0) is 24.7. The summed E-state index contributed by atoms with van der Waals surface area (Å²) in [4.78, 5) is 33.6. The van der Waals surface area contributed by atoms with E-state index in [1.54, 1.807) is 12.3 Å². The molecule has 0 radical (unpaired) electrons. The Labute approximate surface area is 206 Å². The van der Waals surface area contributed by atoms with Crippen molar-refractivity contribution in [1.82, 2.24) is 15.3 Å². The van der Waals surface area contributed by atoms with Crippen LogP contribution in [-0.2, 0) is 19.7 Å². The number of anilines is 1. The molecule has 3 atom stereocenters. The molecular weight excluding hydrogens is 447 g/mol. The lowest BCUT2D eigenvalue weighted by Gasteiger charge is -2.44. The number of hydrogen-bond acceptors (Lipinski definition) is 6. The van der Waals surface area contributed by atoms with Crippen molar-refractivity contribution in [2.45, 2.75) is 69.8 Å². The molecular formula is C27H35FN4O3. The van der Waals surface area contributed by atoms with Gasteiger partial charge in [-0.05, 0) is 61.8 Å². The van der Waals surface area contributed by atoms with Gasteiger partial charge in [0.1, 0.15) is 11.9 Å². The average Bonchev–Trinajstić information content (AvgIpc) is 3.11. The maximum Gasteiger partial charge on any atom is 0.316 e. The van der Waals surface area contributed by atoms with Gasteiger partial charge >= 0.3 is 5.97 Å². The number of nitrogens with one attached hydrogen (secondary N) is 2. The van der Waals surface area contributed by atoms with Gasteiger partial charge in [0, 0.05) is 12.4 Å². The molecule has 0 spiro atoms. The van der Waals surface area contributed by atoms with Crippen LogP contribution in [0.5, 0.6) is 0 Å². The first-order valence-corrected chi connectivity index (χ1v) is 12.7. The molecule has 0 aliphatic heterocycles. The molecule has 35 heavy (non-hydrogen) atoms. The van der Waals surface area contributed by atoms with E-state index in [9.17, 15) is 14.0 Å². The molecule has 2 aliphatic rings. The Morgan fingerprint density at radius 1 is 1.17 bits per heavy atom. The number of halogens is 1. The van der Waals surface area contributed by atoms with Crippen molar-refractivity contribution in [2.75, 3.05) is 18.4 Å². The number of hydrogen-bond donors (Lipinski definition) is 2. The van der Waals surface area contributed by atoms with E-state index in [4.69, 9.17) is 4.74 Å². The van der Waals surface area contributed by atoms with E-state index < -0.39 is 5.41 Å². The molecule has 1 heterocycles. The highest BCUT2D eigenvalue weighted by molar-refractivity contribution is 5.91. The number of aromatic nitrogens is 2. The Balaban J connectivity index is 1.31. The second-order valence-electron chi connectivity index (χ2n) is 9.93. The van der Waals surface area contributed by atoms with Gasteiger partial charge in [0.05, 0.1) is 18.2 Å². The third-order valence-electron chi connectivity index (χ3n) is 7.57. The van der Waals surface area contributed by atoms with Crippen molar-refractivity contribution in [2.24, 2.45) is 11.8 Å². The predicted molar refractivity (Wildman–Crippen MR) is 131 cm³/mol. The third kappa shape index (κ3) is 6.23. The summed E-state index contributed by atoms with van der Waals surface area (Å²) in [6, 6.07) is 6.48. The Hall–Kier alpha value is -2.87. The van der Waals surface area contributed by atoms with Crippen molar-refractivity contribution in [3.63, 3.8) is 0 Å². The van der Waals surface area contributed by atoms with Crippen molar-refractivity contribution in [3.05, 3.63) is 54.2 Å². The van der Waals surface area contributed by atoms with Crippen LogP contribution in [-0.4, -0.2) is 41.0 Å². The number of nitrogens with zero attached hydrogens (tertiary/aromatic N) is 2. The maximum atomic E-state index is 14.1. The molecule has 4 rings (SSSR count). The molecule has 7 nitrogen and oxygen atoms in total. The van der Waals surface area contributed by atoms with Gasteiger partial charge in [-0.2, -0.15) is 0 Å². The molecule has 0 saturated heterocycles. The van der Waals surface area contributed by atoms with Gasteiger partial charge in [-0.1, -0.05) is 44.7 Å². The van der Waals surface area contributed by atoms with Gasteiger partial charge in [-0.15, -0.1) is 0 Å². The second-order valence-corrected chi connectivity index (χ2v) is 9.93. The van der Waals surface area contributed by atoms with Crippen LogP contribution in [0.4, 0.5) is 10.2 Å². The third-order valence-corrected chi connectivity index (χ3v) is 7.57. The predicted octanol–water partition coefficient (Wildman–Crippen LogP) is 4.39. The quantitative estimate of drug-likeness (QED) is 0.313. The van der Waals surface area contributed by atoms with E-state index in [1.807, 2.05) is 6.07 Å². The Kier molecular flexibility index (Phi) is 8.44. The van der Waals surface area contributed by atoms with Crippen molar-refractivity contribution >= 4 is 17.7 Å². The Morgan fingerprint density at radius 2 is 1.97 bits per heavy atom. The van der Waals surface area contributed by atoms with E-state index in [0.717, 1.165) is 44.1 Å². The largest absolute Gasteiger partial charge is 0.461 e. The van der Waals surface area contributed by atoms with Crippen LogP contribution in [0.25, 0.3) is 0 Å². The molecule has 1 aromatic heterocycles. The highest BCUT2D eigenvalue weighted by Gasteiger charge is 2.47. The molecule has 2 aromatic rings. The first-order chi connectivity index (χ1) is 17.0. The molecule has 188 valence electrons. The Bertz CT molecular complexity index is 995. The highest BCUT2D eigenvalue weighted by atomic mass is 19.1. The fourth-order valence-electron chi connectivity index (χ4n) is 5.49. The van der Waals surface area contributed by atoms with Crippen molar-refractivity contribution in [3.8, 4) is 0 Å². The van der Waals surface area contributed by atoms with Gasteiger partial charge in [0.25, 0.3) is 0 Å². The van der Waals surface area contributed by atoms with Gasteiger partial charge < -0.3 is 15.4 Å². The molecule has 1 aromatic carbocycles. The minimum Gasteiger partial charge on any atom is -0.461 e. The smallest absolute Gasteiger partial charge is 0.316 e. The van der Waals surface area contributed by atoms with E-state index in [-0.39, 0.29) is 36.3 Å². The second kappa shape index (κ2) is 11.7. The van der Waals surface area contributed by atoms with E-state index in [0.29, 0.717) is 31.1 Å². The number of esters is 1. The van der Waals surface area contributed by atoms with Crippen molar-refractivity contribution < 1.29 is 18.7 Å². The summed E-state index contributed by atoms with van der Waals surface area (Å²) in [5, 5.41) is 5.86. The molecule has 2 N–H and O–H groups in total. The average molecular weight is 483 g/mol. The lowest BCUT2D eigenvalue weighted by Crippen LogP contribution is -2.48. The first kappa shape index (κ1) is 25.2. The van der Waals surface area contributed by atoms with Crippen molar-refractivity contribution in [1.29, 1.82) is 0 Å². The van der Waals surface area contributed by atoms with Crippen LogP contribution >= 0.6 is 0 Å². The molecule has 2 fully saturated rings. The molecule has 0 bridgehead atoms. The van der Waals surface area contributed by atoms with Gasteiger partial charge in [-0.3, -0.25) is 14.6 Å². The first-order valence-electron chi connectivity index (χ1n) is 12.7. The standard InChI is InChI=1S/C27H35FN4O3/c1-19-15-23(22(19)9-12-29-18-25(33)32-24-17-30-13-14-31-24)35-26(34)27(10-4-2-3-5-11-27)20-7-6-8-21(28)16-20/h6-8,13-14,16-17,19,22-23,29H,2-5,9-12,15,18H2,1H3,(H,31,32,33)/t19?,22?,23-/m0/s1. The van der Waals surface area contributed by atoms with E-state index in [1.165, 1.54) is 24.5 Å². The van der Waals surface area contributed by atoms with Crippen LogP contribution in [0.3, 0.4) is 0 Å². The topological polar surface area (TPSA) is 93.2 Å². The lowest BCUT2D eigenvalue weighted by molar-refractivity contribution is -0.171. The van der Waals surface area contributed by atoms with Crippen LogP contribution in [0.2, 0.25) is 0 Å². The fraction of sp³-hybridized carbons (Fsp3) is 0.556. The summed E-state index contributed by atoms with van der Waals surface area (Å²) in [5.41, 5.74) is -0.0253. The zero-order valence-corrected chi connectivity index (χ0v) is 20.3. The van der Waals surface area contributed by atoms with Crippen LogP contribution < -0.4 is 10.6 Å². The van der Waals surface area contributed by atoms with Crippen LogP contribution in [0.1, 0.15) is 63.9 Å². The summed E-state index contributed by atoms with van der Waals surface area (Å²) < 4.78 is 20.2. The summed E-state index contributed by atoms with van der Waals surface area (Å²) in [6.45, 7) is 2.99. The monoisotopic (exact) mass is 482 g/mol. The maximum absolute atomic E-state index is 14.1. The number of benzene rings is 1. The Morgan fingerprint density at radius 3 is 2.66 bits per heavy atom. The molecule has 8 heteroatoms. The lowest BCUT2D eigenvalue weighted by atomic mass is 9.69. The van der Waals surface area contributed by atoms with Gasteiger partial charge in [0.2, 0.25) is 5.91 Å². The summed E-state index contributed by atoms with van der Waals surface area (Å²) in [6.07, 6.45) is 11.5. The fourth-order valence-corrected chi connectivity index (χ4v) is 5.49. The number of ether oxygens (including phenoxy) is 1. The van der Waals surface area contributed by atoms with Gasteiger partial charge in [0.15, 0.2) is 5.82 Å². The molecule has 2 aliphatic carbocycles. The number of carbonyl (C=O) groups is 2. The van der Waals surface area contributed by atoms with E-state index >= 15 is 0 Å². The molecule has 2 unspecified atom stereocenters. The van der Waals surface area contributed by atoms with Crippen LogP contribution in [0, 0.1) is 17.7 Å². The summed E-state index contributed by atoms with van der Waals surface area (Å²) in [7, 11) is 0. The normalized spacial score (nSPS) is 23.5. The molecule has 1 amide bonds. The summed E-state index contributed by atoms with van der Waals surface area (Å²) in [5.74, 6) is 0.406. The molecule has 2 saturated carbocycles.